The van der Waals surface area contributed by atoms with Gasteiger partial charge in [-0.05, 0) is 19.8 Å². The quantitative estimate of drug-likeness (QED) is 0.450. The molecular formula is C12H21FO3S. The van der Waals surface area contributed by atoms with Gasteiger partial charge in [-0.2, -0.15) is 4.39 Å². The molecule has 0 aliphatic rings. The van der Waals surface area contributed by atoms with Crippen molar-refractivity contribution >= 4 is 17.0 Å². The molecule has 0 rings (SSSR count). The van der Waals surface area contributed by atoms with E-state index in [1.165, 1.54) is 6.92 Å². The van der Waals surface area contributed by atoms with E-state index in [4.69, 9.17) is 4.74 Å². The van der Waals surface area contributed by atoms with Gasteiger partial charge < -0.3 is 9.29 Å². The zero-order valence-corrected chi connectivity index (χ0v) is 11.4. The monoisotopic (exact) mass is 264 g/mol. The van der Waals surface area contributed by atoms with E-state index in [9.17, 15) is 13.7 Å². The fraction of sp³-hybridized carbons (Fsp3) is 0.750. The van der Waals surface area contributed by atoms with Gasteiger partial charge in [-0.3, -0.25) is 4.79 Å². The zero-order valence-electron chi connectivity index (χ0n) is 10.5. The number of Topliss-reactive ketones (excluding diaryl/α,β-unsaturated/α-hetero) is 1. The summed E-state index contributed by atoms with van der Waals surface area (Å²) in [5.41, 5.74) is 0. The summed E-state index contributed by atoms with van der Waals surface area (Å²) >= 11 is -1.55. The smallest absolute Gasteiger partial charge is 0.298 e. The minimum absolute atomic E-state index is 0.00782. The van der Waals surface area contributed by atoms with Crippen molar-refractivity contribution < 1.29 is 18.5 Å². The Balaban J connectivity index is 3.67. The third kappa shape index (κ3) is 10.5. The Kier molecular flexibility index (Phi) is 10.5. The van der Waals surface area contributed by atoms with Gasteiger partial charge in [0.15, 0.2) is 5.78 Å². The fourth-order valence-corrected chi connectivity index (χ4v) is 2.09. The second-order valence-electron chi connectivity index (χ2n) is 3.84. The SMILES string of the molecule is CCCCCC[S+]([O-])/C(F)=C/COCC(C)=O. The van der Waals surface area contributed by atoms with E-state index in [1.807, 2.05) is 0 Å². The molecule has 0 aromatic carbocycles. The number of ether oxygens (including phenoxy) is 1. The van der Waals surface area contributed by atoms with Crippen LogP contribution >= 0.6 is 0 Å². The number of hydrogen-bond acceptors (Lipinski definition) is 3. The highest BCUT2D eigenvalue weighted by molar-refractivity contribution is 7.95. The van der Waals surface area contributed by atoms with E-state index in [2.05, 4.69) is 6.92 Å². The molecule has 17 heavy (non-hydrogen) atoms. The van der Waals surface area contributed by atoms with E-state index in [-0.39, 0.29) is 19.0 Å². The predicted molar refractivity (Wildman–Crippen MR) is 67.8 cm³/mol. The molecule has 0 saturated carbocycles. The lowest BCUT2D eigenvalue weighted by Crippen LogP contribution is -2.08. The molecule has 5 heteroatoms. The number of carbonyl (C=O) groups excluding carboxylic acids is 1. The summed E-state index contributed by atoms with van der Waals surface area (Å²) in [5.74, 6) is 0.245. The maximum atomic E-state index is 13.2. The highest BCUT2D eigenvalue weighted by atomic mass is 32.2. The first-order valence-corrected chi connectivity index (χ1v) is 7.21. The van der Waals surface area contributed by atoms with Crippen LogP contribution in [-0.4, -0.2) is 29.3 Å². The van der Waals surface area contributed by atoms with Gasteiger partial charge in [0.1, 0.15) is 12.4 Å². The summed E-state index contributed by atoms with van der Waals surface area (Å²) in [6.07, 6.45) is 5.08. The van der Waals surface area contributed by atoms with Crippen molar-refractivity contribution in [1.29, 1.82) is 0 Å². The third-order valence-electron chi connectivity index (χ3n) is 2.07. The molecule has 100 valence electrons. The first kappa shape index (κ1) is 16.6. The average Bonchev–Trinajstić information content (AvgIpc) is 2.29. The van der Waals surface area contributed by atoms with Crippen LogP contribution in [0.4, 0.5) is 4.39 Å². The van der Waals surface area contributed by atoms with Crippen LogP contribution in [0.15, 0.2) is 11.2 Å². The van der Waals surface area contributed by atoms with Crippen LogP contribution in [0, 0.1) is 0 Å². The van der Waals surface area contributed by atoms with Gasteiger partial charge in [-0.25, -0.2) is 0 Å². The standard InChI is InChI=1S/C12H21FO3S/c1-3-4-5-6-9-17(15)12(13)7-8-16-10-11(2)14/h7H,3-6,8-10H2,1-2H3/b12-7+. The normalized spacial score (nSPS) is 13.8. The lowest BCUT2D eigenvalue weighted by atomic mass is 10.2. The molecule has 0 bridgehead atoms. The van der Waals surface area contributed by atoms with Crippen molar-refractivity contribution in [2.24, 2.45) is 0 Å². The average molecular weight is 264 g/mol. The number of rotatable bonds is 10. The van der Waals surface area contributed by atoms with Crippen molar-refractivity contribution in [3.63, 3.8) is 0 Å². The number of halogens is 1. The van der Waals surface area contributed by atoms with Crippen LogP contribution in [-0.2, 0) is 20.7 Å². The minimum Gasteiger partial charge on any atom is -0.610 e. The Morgan fingerprint density at radius 2 is 2.12 bits per heavy atom. The van der Waals surface area contributed by atoms with Crippen molar-refractivity contribution in [3.8, 4) is 0 Å². The van der Waals surface area contributed by atoms with Crippen LogP contribution in [0.3, 0.4) is 0 Å². The molecule has 0 aliphatic carbocycles. The zero-order chi connectivity index (χ0) is 13.1. The van der Waals surface area contributed by atoms with E-state index < -0.39 is 16.3 Å². The van der Waals surface area contributed by atoms with Crippen molar-refractivity contribution in [2.75, 3.05) is 19.0 Å². The first-order chi connectivity index (χ1) is 8.07. The van der Waals surface area contributed by atoms with Crippen LogP contribution in [0.25, 0.3) is 0 Å². The van der Waals surface area contributed by atoms with E-state index >= 15 is 0 Å². The van der Waals surface area contributed by atoms with Gasteiger partial charge in [-0.1, -0.05) is 19.8 Å². The maximum Gasteiger partial charge on any atom is 0.298 e. The van der Waals surface area contributed by atoms with Crippen molar-refractivity contribution in [1.82, 2.24) is 0 Å². The second kappa shape index (κ2) is 10.7. The molecule has 0 radical (unpaired) electrons. The Bertz CT molecular complexity index is 244. The van der Waals surface area contributed by atoms with Crippen molar-refractivity contribution in [2.45, 2.75) is 39.5 Å². The van der Waals surface area contributed by atoms with Gasteiger partial charge in [0.05, 0.1) is 6.61 Å². The van der Waals surface area contributed by atoms with E-state index in [1.54, 1.807) is 0 Å². The molecule has 0 aliphatic heterocycles. The summed E-state index contributed by atoms with van der Waals surface area (Å²) in [5, 5.41) is -0.648. The molecule has 3 nitrogen and oxygen atoms in total. The van der Waals surface area contributed by atoms with Gasteiger partial charge in [0.2, 0.25) is 0 Å². The molecule has 0 fully saturated rings. The molecule has 0 heterocycles. The topological polar surface area (TPSA) is 49.4 Å². The van der Waals surface area contributed by atoms with Crippen LogP contribution in [0.2, 0.25) is 0 Å². The molecule has 1 unspecified atom stereocenters. The van der Waals surface area contributed by atoms with Crippen LogP contribution < -0.4 is 0 Å². The van der Waals surface area contributed by atoms with Gasteiger partial charge in [0.25, 0.3) is 5.16 Å². The minimum atomic E-state index is -1.55. The summed E-state index contributed by atoms with van der Waals surface area (Å²) in [4.78, 5) is 10.5. The number of unbranched alkanes of at least 4 members (excludes halogenated alkanes) is 3. The van der Waals surface area contributed by atoms with E-state index in [0.717, 1.165) is 31.8 Å². The summed E-state index contributed by atoms with van der Waals surface area (Å²) in [6.45, 7) is 3.44. The Morgan fingerprint density at radius 3 is 2.71 bits per heavy atom. The predicted octanol–water partition coefficient (Wildman–Crippen LogP) is 2.73. The lowest BCUT2D eigenvalue weighted by Gasteiger charge is -2.07. The molecular weight excluding hydrogens is 243 g/mol. The van der Waals surface area contributed by atoms with Gasteiger partial charge in [0, 0.05) is 17.3 Å². The maximum absolute atomic E-state index is 13.2. The van der Waals surface area contributed by atoms with Crippen molar-refractivity contribution in [3.05, 3.63) is 11.2 Å². The molecule has 1 atom stereocenters. The molecule has 0 spiro atoms. The molecule has 0 aromatic heterocycles. The lowest BCUT2D eigenvalue weighted by molar-refractivity contribution is -0.121. The molecule has 0 N–H and O–H groups in total. The van der Waals surface area contributed by atoms with Gasteiger partial charge >= 0.3 is 0 Å². The van der Waals surface area contributed by atoms with E-state index in [0.29, 0.717) is 5.75 Å². The summed E-state index contributed by atoms with van der Waals surface area (Å²) in [7, 11) is 0. The largest absolute Gasteiger partial charge is 0.610 e. The summed E-state index contributed by atoms with van der Waals surface area (Å²) < 4.78 is 29.5. The van der Waals surface area contributed by atoms with Crippen LogP contribution in [0.1, 0.15) is 39.5 Å². The number of ketones is 1. The highest BCUT2D eigenvalue weighted by Crippen LogP contribution is 2.12. The molecule has 0 aromatic rings. The fourth-order valence-electron chi connectivity index (χ4n) is 1.18. The van der Waals surface area contributed by atoms with Gasteiger partial charge in [-0.15, -0.1) is 0 Å². The highest BCUT2D eigenvalue weighted by Gasteiger charge is 2.12. The number of carbonyl (C=O) groups is 1. The third-order valence-corrected chi connectivity index (χ3v) is 3.33. The summed E-state index contributed by atoms with van der Waals surface area (Å²) in [6, 6.07) is 0. The Hall–Kier alpha value is -0.390. The molecule has 0 saturated heterocycles. The van der Waals surface area contributed by atoms with Crippen LogP contribution in [0.5, 0.6) is 0 Å². The Morgan fingerprint density at radius 1 is 1.41 bits per heavy atom. The Labute approximate surface area is 106 Å². The molecule has 0 amide bonds. The first-order valence-electron chi connectivity index (χ1n) is 5.89. The number of hydrogen-bond donors (Lipinski definition) is 0. The second-order valence-corrected chi connectivity index (χ2v) is 5.32.